The molecule has 3 atom stereocenters. The van der Waals surface area contributed by atoms with Gasteiger partial charge in [0.1, 0.15) is 0 Å². The molecule has 6 heteroatoms. The molecular weight excluding hydrogens is 396 g/mol. The van der Waals surface area contributed by atoms with Crippen molar-refractivity contribution in [3.63, 3.8) is 0 Å². The van der Waals surface area contributed by atoms with Crippen molar-refractivity contribution in [1.82, 2.24) is 0 Å². The lowest BCUT2D eigenvalue weighted by atomic mass is 9.74. The SMILES string of the molecule is CC1CCC(CC(CBr)(CBr)C2CCS(=O)(=O)C2)O1. The van der Waals surface area contributed by atoms with Crippen molar-refractivity contribution >= 4 is 41.7 Å². The Kier molecular flexibility index (Phi) is 5.41. The predicted octanol–water partition coefficient (Wildman–Crippen LogP) is 3.15. The summed E-state index contributed by atoms with van der Waals surface area (Å²) in [4.78, 5) is 0. The summed E-state index contributed by atoms with van der Waals surface area (Å²) in [7, 11) is -2.83. The molecule has 0 N–H and O–H groups in total. The van der Waals surface area contributed by atoms with Crippen molar-refractivity contribution in [2.24, 2.45) is 11.3 Å². The molecule has 0 aromatic heterocycles. The Morgan fingerprint density at radius 3 is 2.32 bits per heavy atom. The highest BCUT2D eigenvalue weighted by Crippen LogP contribution is 2.44. The average molecular weight is 418 g/mol. The van der Waals surface area contributed by atoms with Crippen molar-refractivity contribution in [2.75, 3.05) is 22.2 Å². The maximum atomic E-state index is 11.7. The van der Waals surface area contributed by atoms with Gasteiger partial charge in [0.25, 0.3) is 0 Å². The normalized spacial score (nSPS) is 34.8. The summed E-state index contributed by atoms with van der Waals surface area (Å²) >= 11 is 7.25. The number of alkyl halides is 2. The first-order valence-electron chi connectivity index (χ1n) is 6.88. The molecule has 0 bridgehead atoms. The van der Waals surface area contributed by atoms with E-state index in [1.807, 2.05) is 0 Å². The predicted molar refractivity (Wildman–Crippen MR) is 85.0 cm³/mol. The smallest absolute Gasteiger partial charge is 0.150 e. The summed E-state index contributed by atoms with van der Waals surface area (Å²) in [5.41, 5.74) is -0.00169. The molecule has 112 valence electrons. The number of halogens is 2. The van der Waals surface area contributed by atoms with Crippen molar-refractivity contribution in [3.05, 3.63) is 0 Å². The third-order valence-corrected chi connectivity index (χ3v) is 8.59. The molecule has 0 aliphatic carbocycles. The molecule has 3 unspecified atom stereocenters. The van der Waals surface area contributed by atoms with Crippen LogP contribution in [0.5, 0.6) is 0 Å². The van der Waals surface area contributed by atoms with Crippen LogP contribution in [0.15, 0.2) is 0 Å². The molecular formula is C13H22Br2O3S. The topological polar surface area (TPSA) is 43.4 Å². The molecule has 2 heterocycles. The van der Waals surface area contributed by atoms with Crippen LogP contribution in [0, 0.1) is 11.3 Å². The van der Waals surface area contributed by atoms with Crippen LogP contribution in [-0.2, 0) is 14.6 Å². The Morgan fingerprint density at radius 1 is 1.21 bits per heavy atom. The number of ether oxygens (including phenoxy) is 1. The lowest BCUT2D eigenvalue weighted by Gasteiger charge is -2.37. The summed E-state index contributed by atoms with van der Waals surface area (Å²) in [6.07, 6.45) is 4.60. The van der Waals surface area contributed by atoms with Gasteiger partial charge in [-0.1, -0.05) is 31.9 Å². The quantitative estimate of drug-likeness (QED) is 0.645. The molecule has 0 amide bonds. The summed E-state index contributed by atoms with van der Waals surface area (Å²) in [5, 5.41) is 1.67. The third kappa shape index (κ3) is 3.74. The summed E-state index contributed by atoms with van der Waals surface area (Å²) in [6.45, 7) is 2.12. The molecule has 0 radical (unpaired) electrons. The molecule has 2 rings (SSSR count). The highest BCUT2D eigenvalue weighted by Gasteiger charge is 2.45. The van der Waals surface area contributed by atoms with Crippen LogP contribution in [0.2, 0.25) is 0 Å². The van der Waals surface area contributed by atoms with Crippen LogP contribution in [0.4, 0.5) is 0 Å². The minimum Gasteiger partial charge on any atom is -0.375 e. The molecule has 2 aliphatic heterocycles. The van der Waals surface area contributed by atoms with Crippen LogP contribution in [0.1, 0.15) is 32.6 Å². The van der Waals surface area contributed by atoms with Crippen LogP contribution in [0.3, 0.4) is 0 Å². The van der Waals surface area contributed by atoms with Crippen molar-refractivity contribution in [2.45, 2.75) is 44.8 Å². The lowest BCUT2D eigenvalue weighted by molar-refractivity contribution is 0.0207. The maximum absolute atomic E-state index is 11.7. The molecule has 2 fully saturated rings. The summed E-state index contributed by atoms with van der Waals surface area (Å²) in [6, 6.07) is 0. The molecule has 3 nitrogen and oxygen atoms in total. The zero-order valence-corrected chi connectivity index (χ0v) is 15.3. The van der Waals surface area contributed by atoms with Crippen LogP contribution in [0.25, 0.3) is 0 Å². The summed E-state index contributed by atoms with van der Waals surface area (Å²) in [5.74, 6) is 0.934. The van der Waals surface area contributed by atoms with E-state index in [4.69, 9.17) is 4.74 Å². The van der Waals surface area contributed by atoms with Crippen LogP contribution >= 0.6 is 31.9 Å². The van der Waals surface area contributed by atoms with Gasteiger partial charge in [-0.05, 0) is 43.9 Å². The molecule has 19 heavy (non-hydrogen) atoms. The van der Waals surface area contributed by atoms with Crippen molar-refractivity contribution in [3.8, 4) is 0 Å². The minimum absolute atomic E-state index is 0.00169. The van der Waals surface area contributed by atoms with E-state index in [0.717, 1.165) is 36.3 Å². The van der Waals surface area contributed by atoms with E-state index in [0.29, 0.717) is 17.6 Å². The van der Waals surface area contributed by atoms with E-state index < -0.39 is 9.84 Å². The first-order chi connectivity index (χ1) is 8.91. The first kappa shape index (κ1) is 16.2. The second-order valence-electron chi connectivity index (χ2n) is 6.08. The van der Waals surface area contributed by atoms with E-state index in [9.17, 15) is 8.42 Å². The molecule has 2 saturated heterocycles. The van der Waals surface area contributed by atoms with Crippen molar-refractivity contribution < 1.29 is 13.2 Å². The van der Waals surface area contributed by atoms with Gasteiger partial charge >= 0.3 is 0 Å². The standard InChI is InChI=1S/C13H22Br2O3S/c1-10-2-3-12(18-10)6-13(8-14,9-15)11-4-5-19(16,17)7-11/h10-12H,2-9H2,1H3. The van der Waals surface area contributed by atoms with Crippen molar-refractivity contribution in [1.29, 1.82) is 0 Å². The van der Waals surface area contributed by atoms with Gasteiger partial charge in [-0.3, -0.25) is 0 Å². The third-order valence-electron chi connectivity index (χ3n) is 4.58. The fraction of sp³-hybridized carbons (Fsp3) is 1.00. The largest absolute Gasteiger partial charge is 0.375 e. The van der Waals surface area contributed by atoms with Gasteiger partial charge in [0.05, 0.1) is 23.7 Å². The van der Waals surface area contributed by atoms with Gasteiger partial charge in [0.15, 0.2) is 9.84 Å². The zero-order valence-electron chi connectivity index (χ0n) is 11.3. The van der Waals surface area contributed by atoms with E-state index in [1.165, 1.54) is 0 Å². The second-order valence-corrected chi connectivity index (χ2v) is 9.43. The Labute approximate surface area is 133 Å². The Balaban J connectivity index is 2.09. The number of rotatable bonds is 5. The first-order valence-corrected chi connectivity index (χ1v) is 10.9. The van der Waals surface area contributed by atoms with E-state index in [1.54, 1.807) is 0 Å². The Morgan fingerprint density at radius 2 is 1.89 bits per heavy atom. The Hall–Kier alpha value is 0.870. The van der Waals surface area contributed by atoms with Crippen LogP contribution in [-0.4, -0.2) is 42.8 Å². The second kappa shape index (κ2) is 6.32. The average Bonchev–Trinajstić information content (AvgIpc) is 2.92. The van der Waals surface area contributed by atoms with Gasteiger partial charge in [0.2, 0.25) is 0 Å². The Bertz CT molecular complexity index is 406. The van der Waals surface area contributed by atoms with E-state index in [2.05, 4.69) is 38.8 Å². The fourth-order valence-electron chi connectivity index (χ4n) is 3.30. The van der Waals surface area contributed by atoms with Crippen LogP contribution < -0.4 is 0 Å². The summed E-state index contributed by atoms with van der Waals surface area (Å²) < 4.78 is 29.4. The molecule has 0 aromatic carbocycles. The number of hydrogen-bond donors (Lipinski definition) is 0. The number of hydrogen-bond acceptors (Lipinski definition) is 3. The van der Waals surface area contributed by atoms with Gasteiger partial charge in [-0.25, -0.2) is 8.42 Å². The minimum atomic E-state index is -2.83. The lowest BCUT2D eigenvalue weighted by Crippen LogP contribution is -2.38. The highest BCUT2D eigenvalue weighted by atomic mass is 79.9. The van der Waals surface area contributed by atoms with Gasteiger partial charge in [-0.15, -0.1) is 0 Å². The monoisotopic (exact) mass is 416 g/mol. The van der Waals surface area contributed by atoms with Gasteiger partial charge in [-0.2, -0.15) is 0 Å². The maximum Gasteiger partial charge on any atom is 0.150 e. The molecule has 2 aliphatic rings. The van der Waals surface area contributed by atoms with Gasteiger partial charge < -0.3 is 4.74 Å². The number of sulfone groups is 1. The van der Waals surface area contributed by atoms with E-state index >= 15 is 0 Å². The molecule has 0 saturated carbocycles. The molecule has 0 spiro atoms. The molecule has 0 aromatic rings. The highest BCUT2D eigenvalue weighted by molar-refractivity contribution is 9.09. The zero-order chi connectivity index (χ0) is 14.1. The van der Waals surface area contributed by atoms with E-state index in [-0.39, 0.29) is 17.4 Å². The fourth-order valence-corrected chi connectivity index (χ4v) is 7.54. The van der Waals surface area contributed by atoms with Gasteiger partial charge in [0, 0.05) is 10.7 Å².